The van der Waals surface area contributed by atoms with E-state index in [0.717, 1.165) is 11.4 Å². The van der Waals surface area contributed by atoms with Gasteiger partial charge in [0, 0.05) is 37.8 Å². The molecule has 0 saturated carbocycles. The zero-order valence-corrected chi connectivity index (χ0v) is 14.5. The zero-order valence-electron chi connectivity index (χ0n) is 14.5. The molecular weight excluding hydrogens is 332 g/mol. The molecule has 4 rings (SSSR count). The molecule has 0 unspecified atom stereocenters. The maximum Gasteiger partial charge on any atom is 0.254 e. The zero-order chi connectivity index (χ0) is 17.9. The highest BCUT2D eigenvalue weighted by Crippen LogP contribution is 2.30. The summed E-state index contributed by atoms with van der Waals surface area (Å²) < 4.78 is 12.3. The number of benzene rings is 1. The van der Waals surface area contributed by atoms with Gasteiger partial charge < -0.3 is 18.7 Å². The van der Waals surface area contributed by atoms with E-state index in [9.17, 15) is 4.79 Å². The Balaban J connectivity index is 1.52. The van der Waals surface area contributed by atoms with Crippen LogP contribution in [0.15, 0.2) is 53.3 Å². The van der Waals surface area contributed by atoms with Crippen molar-refractivity contribution < 1.29 is 14.1 Å². The van der Waals surface area contributed by atoms with Gasteiger partial charge in [0.2, 0.25) is 5.91 Å². The van der Waals surface area contributed by atoms with E-state index in [0.29, 0.717) is 37.6 Å². The minimum Gasteiger partial charge on any atom is -0.479 e. The predicted molar refractivity (Wildman–Crippen MR) is 93.3 cm³/mol. The number of aromatic nitrogens is 3. The standard InChI is InChI=1S/C19H20N4O3/c1-25-18-11-15(26-21-18)7-8-19(24)23-13-17-20-9-10-22(17)12-16(23)14-5-3-2-4-6-14/h2-6,9-11,16H,7-8,12-13H2,1H3/t16-/m0/s1. The van der Waals surface area contributed by atoms with Gasteiger partial charge in [-0.3, -0.25) is 4.79 Å². The average Bonchev–Trinajstić information content (AvgIpc) is 3.34. The second-order valence-corrected chi connectivity index (χ2v) is 6.28. The smallest absolute Gasteiger partial charge is 0.254 e. The van der Waals surface area contributed by atoms with Crippen molar-refractivity contribution in [2.24, 2.45) is 0 Å². The van der Waals surface area contributed by atoms with Gasteiger partial charge in [0.15, 0.2) is 0 Å². The summed E-state index contributed by atoms with van der Waals surface area (Å²) in [5.74, 6) is 2.05. The first kappa shape index (κ1) is 16.4. The molecule has 1 amide bonds. The Morgan fingerprint density at radius 1 is 1.35 bits per heavy atom. The van der Waals surface area contributed by atoms with Crippen LogP contribution in [0, 0.1) is 0 Å². The van der Waals surface area contributed by atoms with Crippen LogP contribution < -0.4 is 4.74 Å². The van der Waals surface area contributed by atoms with Crippen LogP contribution >= 0.6 is 0 Å². The number of methoxy groups -OCH3 is 1. The molecular formula is C19H20N4O3. The molecule has 26 heavy (non-hydrogen) atoms. The van der Waals surface area contributed by atoms with E-state index >= 15 is 0 Å². The summed E-state index contributed by atoms with van der Waals surface area (Å²) in [6.07, 6.45) is 4.59. The molecule has 0 bridgehead atoms. The maximum atomic E-state index is 13.0. The van der Waals surface area contributed by atoms with Crippen molar-refractivity contribution in [2.45, 2.75) is 32.0 Å². The third-order valence-corrected chi connectivity index (χ3v) is 4.70. The van der Waals surface area contributed by atoms with E-state index in [2.05, 4.69) is 26.8 Å². The van der Waals surface area contributed by atoms with Gasteiger partial charge >= 0.3 is 0 Å². The number of aryl methyl sites for hydroxylation is 1. The lowest BCUT2D eigenvalue weighted by Gasteiger charge is -2.36. The van der Waals surface area contributed by atoms with Crippen LogP contribution in [-0.2, 0) is 24.3 Å². The van der Waals surface area contributed by atoms with Crippen LogP contribution in [0.3, 0.4) is 0 Å². The summed E-state index contributed by atoms with van der Waals surface area (Å²) in [4.78, 5) is 19.2. The van der Waals surface area contributed by atoms with E-state index in [1.54, 1.807) is 12.3 Å². The normalized spacial score (nSPS) is 16.3. The Morgan fingerprint density at radius 2 is 2.19 bits per heavy atom. The summed E-state index contributed by atoms with van der Waals surface area (Å²) >= 11 is 0. The number of imidazole rings is 1. The van der Waals surface area contributed by atoms with Crippen LogP contribution in [0.25, 0.3) is 0 Å². The van der Waals surface area contributed by atoms with Crippen LogP contribution in [-0.4, -0.2) is 32.6 Å². The largest absolute Gasteiger partial charge is 0.479 e. The second-order valence-electron chi connectivity index (χ2n) is 6.28. The Morgan fingerprint density at radius 3 is 2.96 bits per heavy atom. The lowest BCUT2D eigenvalue weighted by Crippen LogP contribution is -2.41. The van der Waals surface area contributed by atoms with Crippen molar-refractivity contribution in [3.8, 4) is 5.88 Å². The van der Waals surface area contributed by atoms with Crippen molar-refractivity contribution in [2.75, 3.05) is 7.11 Å². The number of hydrogen-bond donors (Lipinski definition) is 0. The van der Waals surface area contributed by atoms with Crippen molar-refractivity contribution in [3.63, 3.8) is 0 Å². The highest BCUT2D eigenvalue weighted by atomic mass is 16.5. The molecule has 0 aliphatic carbocycles. The van der Waals surface area contributed by atoms with Crippen molar-refractivity contribution in [1.29, 1.82) is 0 Å². The van der Waals surface area contributed by atoms with Gasteiger partial charge in [0.1, 0.15) is 11.6 Å². The summed E-state index contributed by atoms with van der Waals surface area (Å²) in [5, 5.41) is 3.78. The van der Waals surface area contributed by atoms with Crippen molar-refractivity contribution in [1.82, 2.24) is 19.6 Å². The fourth-order valence-corrected chi connectivity index (χ4v) is 3.31. The SMILES string of the molecule is COc1cc(CCC(=O)N2Cc3nccn3C[C@H]2c2ccccc2)on1. The highest BCUT2D eigenvalue weighted by molar-refractivity contribution is 5.77. The third-order valence-electron chi connectivity index (χ3n) is 4.70. The second kappa shape index (κ2) is 7.03. The number of nitrogens with zero attached hydrogens (tertiary/aromatic N) is 4. The molecule has 1 aliphatic heterocycles. The molecule has 3 heterocycles. The number of carbonyl (C=O) groups excluding carboxylic acids is 1. The lowest BCUT2D eigenvalue weighted by molar-refractivity contribution is -0.136. The molecule has 1 atom stereocenters. The number of carbonyl (C=O) groups is 1. The van der Waals surface area contributed by atoms with Gasteiger partial charge in [-0.25, -0.2) is 4.98 Å². The fourth-order valence-electron chi connectivity index (χ4n) is 3.31. The molecule has 134 valence electrons. The van der Waals surface area contributed by atoms with Gasteiger partial charge in [0.05, 0.1) is 19.7 Å². The van der Waals surface area contributed by atoms with E-state index in [1.807, 2.05) is 29.3 Å². The number of ether oxygens (including phenoxy) is 1. The highest BCUT2D eigenvalue weighted by Gasteiger charge is 2.31. The summed E-state index contributed by atoms with van der Waals surface area (Å²) in [6.45, 7) is 1.21. The topological polar surface area (TPSA) is 73.4 Å². The van der Waals surface area contributed by atoms with E-state index in [4.69, 9.17) is 9.26 Å². The van der Waals surface area contributed by atoms with Gasteiger partial charge in [0.25, 0.3) is 5.88 Å². The van der Waals surface area contributed by atoms with Crippen LogP contribution in [0.4, 0.5) is 0 Å². The van der Waals surface area contributed by atoms with Gasteiger partial charge in [-0.15, -0.1) is 0 Å². The molecule has 1 aliphatic rings. The van der Waals surface area contributed by atoms with Crippen molar-refractivity contribution in [3.05, 3.63) is 65.9 Å². The van der Waals surface area contributed by atoms with Gasteiger partial charge in [-0.05, 0) is 10.7 Å². The van der Waals surface area contributed by atoms with E-state index < -0.39 is 0 Å². The van der Waals surface area contributed by atoms with E-state index in [1.165, 1.54) is 7.11 Å². The van der Waals surface area contributed by atoms with Crippen molar-refractivity contribution >= 4 is 5.91 Å². The Kier molecular flexibility index (Phi) is 4.43. The Hall–Kier alpha value is -3.09. The number of amides is 1. The van der Waals surface area contributed by atoms with Gasteiger partial charge in [-0.2, -0.15) is 0 Å². The first-order valence-corrected chi connectivity index (χ1v) is 8.58. The molecule has 0 fully saturated rings. The number of fused-ring (bicyclic) bond motifs is 1. The fraction of sp³-hybridized carbons (Fsp3) is 0.316. The van der Waals surface area contributed by atoms with Crippen LogP contribution in [0.5, 0.6) is 5.88 Å². The molecule has 7 heteroatoms. The number of hydrogen-bond acceptors (Lipinski definition) is 5. The number of rotatable bonds is 5. The first-order valence-electron chi connectivity index (χ1n) is 8.58. The predicted octanol–water partition coefficient (Wildman–Crippen LogP) is 2.60. The molecule has 7 nitrogen and oxygen atoms in total. The molecule has 0 N–H and O–H groups in total. The Labute approximate surface area is 151 Å². The average molecular weight is 352 g/mol. The quantitative estimate of drug-likeness (QED) is 0.706. The Bertz CT molecular complexity index is 887. The summed E-state index contributed by atoms with van der Waals surface area (Å²) in [5.41, 5.74) is 1.13. The van der Waals surface area contributed by atoms with Gasteiger partial charge in [-0.1, -0.05) is 30.3 Å². The first-order chi connectivity index (χ1) is 12.7. The van der Waals surface area contributed by atoms with Crippen LogP contribution in [0.1, 0.15) is 29.6 Å². The minimum absolute atomic E-state index is 0.00494. The molecule has 3 aromatic rings. The van der Waals surface area contributed by atoms with Crippen LogP contribution in [0.2, 0.25) is 0 Å². The molecule has 0 radical (unpaired) electrons. The monoisotopic (exact) mass is 352 g/mol. The molecule has 0 spiro atoms. The molecule has 2 aromatic heterocycles. The molecule has 0 saturated heterocycles. The van der Waals surface area contributed by atoms with E-state index in [-0.39, 0.29) is 11.9 Å². The minimum atomic E-state index is -0.00494. The third kappa shape index (κ3) is 3.20. The maximum absolute atomic E-state index is 13.0. The molecule has 1 aromatic carbocycles. The summed E-state index contributed by atoms with van der Waals surface area (Å²) in [7, 11) is 1.53. The lowest BCUT2D eigenvalue weighted by atomic mass is 10.0. The summed E-state index contributed by atoms with van der Waals surface area (Å²) in [6, 6.07) is 11.8.